The molecule has 0 aliphatic rings. The Morgan fingerprint density at radius 3 is 2.87 bits per heavy atom. The SMILES string of the molecule is Cc1cc(NCCCl)ccc1CCC=O. The van der Waals surface area contributed by atoms with Gasteiger partial charge in [-0.1, -0.05) is 6.07 Å². The highest BCUT2D eigenvalue weighted by atomic mass is 35.5. The molecule has 15 heavy (non-hydrogen) atoms. The summed E-state index contributed by atoms with van der Waals surface area (Å²) in [4.78, 5) is 10.3. The van der Waals surface area contributed by atoms with Gasteiger partial charge in [-0.3, -0.25) is 0 Å². The molecule has 0 aliphatic heterocycles. The molecule has 0 heterocycles. The van der Waals surface area contributed by atoms with Gasteiger partial charge in [-0.05, 0) is 36.6 Å². The monoisotopic (exact) mass is 225 g/mol. The minimum absolute atomic E-state index is 0.593. The van der Waals surface area contributed by atoms with Gasteiger partial charge < -0.3 is 10.1 Å². The maximum absolute atomic E-state index is 10.3. The Morgan fingerprint density at radius 2 is 2.27 bits per heavy atom. The molecule has 1 rings (SSSR count). The van der Waals surface area contributed by atoms with Crippen molar-refractivity contribution in [2.75, 3.05) is 17.7 Å². The van der Waals surface area contributed by atoms with Crippen molar-refractivity contribution in [3.63, 3.8) is 0 Å². The lowest BCUT2D eigenvalue weighted by atomic mass is 10.0. The Bertz CT molecular complexity index is 325. The molecular weight excluding hydrogens is 210 g/mol. The van der Waals surface area contributed by atoms with E-state index >= 15 is 0 Å². The second kappa shape index (κ2) is 6.46. The third-order valence-electron chi connectivity index (χ3n) is 2.30. The molecule has 2 nitrogen and oxygen atoms in total. The van der Waals surface area contributed by atoms with Crippen LogP contribution < -0.4 is 5.32 Å². The van der Waals surface area contributed by atoms with Crippen molar-refractivity contribution >= 4 is 23.6 Å². The highest BCUT2D eigenvalue weighted by Gasteiger charge is 1.99. The van der Waals surface area contributed by atoms with Gasteiger partial charge in [0.25, 0.3) is 0 Å². The largest absolute Gasteiger partial charge is 0.384 e. The number of nitrogens with one attached hydrogen (secondary N) is 1. The quantitative estimate of drug-likeness (QED) is 0.596. The molecule has 0 atom stereocenters. The van der Waals surface area contributed by atoms with Gasteiger partial charge in [0, 0.05) is 24.5 Å². The van der Waals surface area contributed by atoms with E-state index in [0.29, 0.717) is 12.3 Å². The van der Waals surface area contributed by atoms with Gasteiger partial charge in [0.15, 0.2) is 0 Å². The first-order valence-corrected chi connectivity index (χ1v) is 5.64. The van der Waals surface area contributed by atoms with E-state index in [4.69, 9.17) is 11.6 Å². The molecule has 1 N–H and O–H groups in total. The Labute approximate surface area is 95.6 Å². The van der Waals surface area contributed by atoms with Crippen LogP contribution in [0.15, 0.2) is 18.2 Å². The van der Waals surface area contributed by atoms with Crippen LogP contribution in [0.1, 0.15) is 17.5 Å². The highest BCUT2D eigenvalue weighted by Crippen LogP contribution is 2.16. The first kappa shape index (κ1) is 12.1. The minimum Gasteiger partial charge on any atom is -0.384 e. The fourth-order valence-electron chi connectivity index (χ4n) is 1.49. The van der Waals surface area contributed by atoms with Crippen molar-refractivity contribution in [2.24, 2.45) is 0 Å². The predicted molar refractivity (Wildman–Crippen MR) is 64.8 cm³/mol. The summed E-state index contributed by atoms with van der Waals surface area (Å²) in [7, 11) is 0. The molecule has 0 unspecified atom stereocenters. The molecule has 0 aromatic heterocycles. The van der Waals surface area contributed by atoms with Gasteiger partial charge in [-0.25, -0.2) is 0 Å². The number of carbonyl (C=O) groups excluding carboxylic acids is 1. The van der Waals surface area contributed by atoms with E-state index in [2.05, 4.69) is 24.4 Å². The molecule has 0 radical (unpaired) electrons. The summed E-state index contributed by atoms with van der Waals surface area (Å²) in [5, 5.41) is 3.22. The van der Waals surface area contributed by atoms with Crippen LogP contribution in [-0.4, -0.2) is 18.7 Å². The number of rotatable bonds is 6. The van der Waals surface area contributed by atoms with E-state index in [0.717, 1.165) is 24.9 Å². The topological polar surface area (TPSA) is 29.1 Å². The van der Waals surface area contributed by atoms with Crippen LogP contribution in [0, 0.1) is 6.92 Å². The zero-order valence-electron chi connectivity index (χ0n) is 8.92. The Kier molecular flexibility index (Phi) is 5.19. The number of halogens is 1. The predicted octanol–water partition coefficient (Wildman–Crippen LogP) is 2.78. The van der Waals surface area contributed by atoms with Crippen LogP contribution in [-0.2, 0) is 11.2 Å². The van der Waals surface area contributed by atoms with Crippen LogP contribution in [0.2, 0.25) is 0 Å². The summed E-state index contributed by atoms with van der Waals surface area (Å²) in [6.45, 7) is 2.83. The number of carbonyl (C=O) groups is 1. The average Bonchev–Trinajstić information content (AvgIpc) is 2.25. The third-order valence-corrected chi connectivity index (χ3v) is 2.49. The van der Waals surface area contributed by atoms with Crippen molar-refractivity contribution in [3.8, 4) is 0 Å². The normalized spacial score (nSPS) is 10.0. The third kappa shape index (κ3) is 3.92. The zero-order chi connectivity index (χ0) is 11.1. The molecule has 0 saturated heterocycles. The van der Waals surface area contributed by atoms with Crippen molar-refractivity contribution in [3.05, 3.63) is 29.3 Å². The molecule has 0 saturated carbocycles. The molecule has 0 aliphatic carbocycles. The van der Waals surface area contributed by atoms with Crippen LogP contribution >= 0.6 is 11.6 Å². The summed E-state index contributed by atoms with van der Waals surface area (Å²) in [5.41, 5.74) is 3.54. The van der Waals surface area contributed by atoms with Crippen molar-refractivity contribution in [1.29, 1.82) is 0 Å². The molecule has 82 valence electrons. The smallest absolute Gasteiger partial charge is 0.120 e. The summed E-state index contributed by atoms with van der Waals surface area (Å²) < 4.78 is 0. The summed E-state index contributed by atoms with van der Waals surface area (Å²) in [5.74, 6) is 0.603. The lowest BCUT2D eigenvalue weighted by Crippen LogP contribution is -2.03. The van der Waals surface area contributed by atoms with Gasteiger partial charge in [0.2, 0.25) is 0 Å². The Hall–Kier alpha value is -1.02. The molecule has 1 aromatic rings. The molecule has 0 spiro atoms. The number of alkyl halides is 1. The van der Waals surface area contributed by atoms with Gasteiger partial charge in [-0.2, -0.15) is 0 Å². The standard InChI is InChI=1S/C12H16ClNO/c1-10-9-12(14-7-6-13)5-4-11(10)3-2-8-15/h4-5,8-9,14H,2-3,6-7H2,1H3. The van der Waals surface area contributed by atoms with E-state index < -0.39 is 0 Å². The van der Waals surface area contributed by atoms with Gasteiger partial charge in [0.1, 0.15) is 6.29 Å². The number of hydrogen-bond acceptors (Lipinski definition) is 2. The Balaban J connectivity index is 2.65. The van der Waals surface area contributed by atoms with E-state index in [1.807, 2.05) is 6.07 Å². The lowest BCUT2D eigenvalue weighted by Gasteiger charge is -2.08. The van der Waals surface area contributed by atoms with Crippen LogP contribution in [0.4, 0.5) is 5.69 Å². The summed E-state index contributed by atoms with van der Waals surface area (Å²) >= 11 is 5.59. The van der Waals surface area contributed by atoms with Crippen LogP contribution in [0.5, 0.6) is 0 Å². The molecule has 0 amide bonds. The van der Waals surface area contributed by atoms with Gasteiger partial charge in [-0.15, -0.1) is 11.6 Å². The fourth-order valence-corrected chi connectivity index (χ4v) is 1.59. The van der Waals surface area contributed by atoms with E-state index in [9.17, 15) is 4.79 Å². The fraction of sp³-hybridized carbons (Fsp3) is 0.417. The number of aldehydes is 1. The highest BCUT2D eigenvalue weighted by molar-refractivity contribution is 6.18. The number of aryl methyl sites for hydroxylation is 2. The molecule has 0 bridgehead atoms. The minimum atomic E-state index is 0.593. The Morgan fingerprint density at radius 1 is 1.47 bits per heavy atom. The van der Waals surface area contributed by atoms with Crippen molar-refractivity contribution in [2.45, 2.75) is 19.8 Å². The maximum atomic E-state index is 10.3. The van der Waals surface area contributed by atoms with Crippen molar-refractivity contribution in [1.82, 2.24) is 0 Å². The maximum Gasteiger partial charge on any atom is 0.120 e. The van der Waals surface area contributed by atoms with Crippen LogP contribution in [0.25, 0.3) is 0 Å². The zero-order valence-corrected chi connectivity index (χ0v) is 9.68. The first-order valence-electron chi connectivity index (χ1n) is 5.11. The first-order chi connectivity index (χ1) is 7.27. The molecule has 1 aromatic carbocycles. The number of anilines is 1. The van der Waals surface area contributed by atoms with Crippen molar-refractivity contribution < 1.29 is 4.79 Å². The molecular formula is C12H16ClNO. The van der Waals surface area contributed by atoms with E-state index in [1.165, 1.54) is 11.1 Å². The number of benzene rings is 1. The molecule has 3 heteroatoms. The van der Waals surface area contributed by atoms with E-state index in [1.54, 1.807) is 0 Å². The lowest BCUT2D eigenvalue weighted by molar-refractivity contribution is -0.107. The van der Waals surface area contributed by atoms with Gasteiger partial charge in [0.05, 0.1) is 0 Å². The second-order valence-corrected chi connectivity index (χ2v) is 3.84. The average molecular weight is 226 g/mol. The number of hydrogen-bond donors (Lipinski definition) is 1. The van der Waals surface area contributed by atoms with E-state index in [-0.39, 0.29) is 0 Å². The second-order valence-electron chi connectivity index (χ2n) is 3.46. The van der Waals surface area contributed by atoms with Crippen LogP contribution in [0.3, 0.4) is 0 Å². The summed E-state index contributed by atoms with van der Waals surface area (Å²) in [6.07, 6.45) is 2.37. The molecule has 0 fully saturated rings. The van der Waals surface area contributed by atoms with Gasteiger partial charge >= 0.3 is 0 Å². The summed E-state index contributed by atoms with van der Waals surface area (Å²) in [6, 6.07) is 6.18.